The second kappa shape index (κ2) is 6.52. The lowest BCUT2D eigenvalue weighted by Gasteiger charge is -2.25. The van der Waals surface area contributed by atoms with E-state index in [9.17, 15) is 9.18 Å². The van der Waals surface area contributed by atoms with Gasteiger partial charge in [0.1, 0.15) is 5.82 Å². The van der Waals surface area contributed by atoms with E-state index in [-0.39, 0.29) is 17.6 Å². The topological polar surface area (TPSA) is 69.6 Å². The van der Waals surface area contributed by atoms with Gasteiger partial charge in [0, 0.05) is 13.2 Å². The third-order valence-corrected chi connectivity index (χ3v) is 2.99. The third-order valence-electron chi connectivity index (χ3n) is 2.99. The average Bonchev–Trinajstić information content (AvgIpc) is 2.35. The van der Waals surface area contributed by atoms with Gasteiger partial charge in [-0.3, -0.25) is 0 Å². The van der Waals surface area contributed by atoms with Crippen molar-refractivity contribution in [2.75, 3.05) is 18.5 Å². The summed E-state index contributed by atoms with van der Waals surface area (Å²) in [5.41, 5.74) is 0.158. The van der Waals surface area contributed by atoms with Crippen LogP contribution in [0.3, 0.4) is 0 Å². The Morgan fingerprint density at radius 1 is 1.42 bits per heavy atom. The maximum atomic E-state index is 13.7. The molecule has 0 bridgehead atoms. The molecule has 0 heterocycles. The molecule has 0 saturated heterocycles. The van der Waals surface area contributed by atoms with Crippen LogP contribution < -0.4 is 5.32 Å². The monoisotopic (exact) mass is 269 g/mol. The number of hydrogen-bond donors (Lipinski definition) is 3. The Hall–Kier alpha value is -1.62. The number of benzene rings is 1. The Labute approximate surface area is 112 Å². The summed E-state index contributed by atoms with van der Waals surface area (Å²) in [6.45, 7) is 4.75. The summed E-state index contributed by atoms with van der Waals surface area (Å²) in [5.74, 6) is -1.72. The predicted octanol–water partition coefficient (Wildman–Crippen LogP) is 2.73. The van der Waals surface area contributed by atoms with Gasteiger partial charge in [0.2, 0.25) is 0 Å². The Morgan fingerprint density at radius 2 is 2.11 bits per heavy atom. The first kappa shape index (κ1) is 15.4. The van der Waals surface area contributed by atoms with Crippen molar-refractivity contribution in [3.05, 3.63) is 29.6 Å². The molecule has 0 radical (unpaired) electrons. The molecule has 1 aromatic carbocycles. The fourth-order valence-electron chi connectivity index (χ4n) is 1.77. The number of anilines is 1. The van der Waals surface area contributed by atoms with Crippen molar-refractivity contribution in [1.82, 2.24) is 0 Å². The quantitative estimate of drug-likeness (QED) is 0.712. The number of carboxylic acid groups (broad SMARTS) is 1. The van der Waals surface area contributed by atoms with Crippen molar-refractivity contribution in [2.24, 2.45) is 5.41 Å². The minimum atomic E-state index is -1.14. The van der Waals surface area contributed by atoms with E-state index in [2.05, 4.69) is 5.32 Å². The number of aliphatic hydroxyl groups is 1. The van der Waals surface area contributed by atoms with Crippen LogP contribution in [-0.4, -0.2) is 29.3 Å². The molecule has 19 heavy (non-hydrogen) atoms. The van der Waals surface area contributed by atoms with Gasteiger partial charge in [-0.25, -0.2) is 9.18 Å². The Bertz CT molecular complexity index is 446. The largest absolute Gasteiger partial charge is 0.478 e. The third kappa shape index (κ3) is 4.87. The van der Waals surface area contributed by atoms with Crippen molar-refractivity contribution < 1.29 is 19.4 Å². The first-order valence-corrected chi connectivity index (χ1v) is 6.23. The summed E-state index contributed by atoms with van der Waals surface area (Å²) in [6.07, 6.45) is 1.53. The molecule has 1 aromatic rings. The highest BCUT2D eigenvalue weighted by molar-refractivity contribution is 5.88. The van der Waals surface area contributed by atoms with E-state index in [1.54, 1.807) is 0 Å². The second-order valence-electron chi connectivity index (χ2n) is 5.34. The molecule has 0 fully saturated rings. The molecule has 5 heteroatoms. The molecular formula is C14H20FNO3. The highest BCUT2D eigenvalue weighted by Crippen LogP contribution is 2.24. The van der Waals surface area contributed by atoms with Gasteiger partial charge >= 0.3 is 5.97 Å². The fraction of sp³-hybridized carbons (Fsp3) is 0.500. The van der Waals surface area contributed by atoms with Gasteiger partial charge in [0.05, 0.1) is 11.3 Å². The summed E-state index contributed by atoms with van der Waals surface area (Å²) in [7, 11) is 0. The molecule has 0 amide bonds. The second-order valence-corrected chi connectivity index (χ2v) is 5.34. The lowest BCUT2D eigenvalue weighted by Crippen LogP contribution is -2.23. The Morgan fingerprint density at radius 3 is 2.63 bits per heavy atom. The van der Waals surface area contributed by atoms with Gasteiger partial charge in [0.25, 0.3) is 0 Å². The molecule has 106 valence electrons. The number of rotatable bonds is 7. The summed E-state index contributed by atoms with van der Waals surface area (Å²) < 4.78 is 13.7. The predicted molar refractivity (Wildman–Crippen MR) is 71.9 cm³/mol. The number of carbonyl (C=O) groups is 1. The lowest BCUT2D eigenvalue weighted by molar-refractivity contribution is 0.0696. The molecule has 0 saturated carbocycles. The van der Waals surface area contributed by atoms with Gasteiger partial charge in [-0.1, -0.05) is 13.8 Å². The number of aliphatic hydroxyl groups excluding tert-OH is 1. The van der Waals surface area contributed by atoms with Crippen LogP contribution in [0.25, 0.3) is 0 Å². The lowest BCUT2D eigenvalue weighted by atomic mass is 9.88. The van der Waals surface area contributed by atoms with Crippen molar-refractivity contribution >= 4 is 11.7 Å². The van der Waals surface area contributed by atoms with Crippen LogP contribution in [0, 0.1) is 11.2 Å². The van der Waals surface area contributed by atoms with Gasteiger partial charge in [-0.15, -0.1) is 0 Å². The summed E-state index contributed by atoms with van der Waals surface area (Å²) in [5, 5.41) is 20.5. The van der Waals surface area contributed by atoms with Gasteiger partial charge < -0.3 is 15.5 Å². The van der Waals surface area contributed by atoms with Gasteiger partial charge in [-0.2, -0.15) is 0 Å². The minimum absolute atomic E-state index is 0.0670. The first-order valence-electron chi connectivity index (χ1n) is 6.23. The molecule has 4 nitrogen and oxygen atoms in total. The van der Waals surface area contributed by atoms with Crippen molar-refractivity contribution in [1.29, 1.82) is 0 Å². The van der Waals surface area contributed by atoms with Crippen molar-refractivity contribution in [3.8, 4) is 0 Å². The molecule has 0 aliphatic carbocycles. The van der Waals surface area contributed by atoms with Crippen LogP contribution in [-0.2, 0) is 0 Å². The van der Waals surface area contributed by atoms with Crippen LogP contribution in [0.15, 0.2) is 18.2 Å². The number of nitrogens with one attached hydrogen (secondary N) is 1. The smallest absolute Gasteiger partial charge is 0.335 e. The van der Waals surface area contributed by atoms with Crippen molar-refractivity contribution in [2.45, 2.75) is 26.7 Å². The summed E-state index contributed by atoms with van der Waals surface area (Å²) in [4.78, 5) is 10.7. The van der Waals surface area contributed by atoms with E-state index in [1.165, 1.54) is 12.1 Å². The molecular weight excluding hydrogens is 249 g/mol. The molecule has 0 aliphatic heterocycles. The summed E-state index contributed by atoms with van der Waals surface area (Å²) in [6, 6.07) is 3.81. The maximum absolute atomic E-state index is 13.7. The average molecular weight is 269 g/mol. The normalized spacial score (nSPS) is 11.4. The maximum Gasteiger partial charge on any atom is 0.335 e. The van der Waals surface area contributed by atoms with E-state index in [1.807, 2.05) is 13.8 Å². The van der Waals surface area contributed by atoms with E-state index in [0.29, 0.717) is 18.7 Å². The fourth-order valence-corrected chi connectivity index (χ4v) is 1.77. The molecule has 0 spiro atoms. The summed E-state index contributed by atoms with van der Waals surface area (Å²) >= 11 is 0. The SMILES string of the molecule is CC(C)(CCCO)CNc1ccc(C(=O)O)cc1F. The van der Waals surface area contributed by atoms with Crippen LogP contribution in [0.5, 0.6) is 0 Å². The van der Waals surface area contributed by atoms with E-state index < -0.39 is 11.8 Å². The molecule has 1 rings (SSSR count). The van der Waals surface area contributed by atoms with E-state index in [0.717, 1.165) is 12.5 Å². The van der Waals surface area contributed by atoms with Crippen molar-refractivity contribution in [3.63, 3.8) is 0 Å². The highest BCUT2D eigenvalue weighted by Gasteiger charge is 2.18. The number of carboxylic acids is 1. The first-order chi connectivity index (χ1) is 8.85. The number of hydrogen-bond acceptors (Lipinski definition) is 3. The van der Waals surface area contributed by atoms with Gasteiger partial charge in [0.15, 0.2) is 0 Å². The number of halogens is 1. The standard InChI is InChI=1S/C14H20FNO3/c1-14(2,6-3-7-17)9-16-12-5-4-10(13(18)19)8-11(12)15/h4-5,8,16-17H,3,6-7,9H2,1-2H3,(H,18,19). The van der Waals surface area contributed by atoms with Crippen LogP contribution in [0.2, 0.25) is 0 Å². The van der Waals surface area contributed by atoms with Crippen LogP contribution in [0.1, 0.15) is 37.0 Å². The van der Waals surface area contributed by atoms with E-state index in [4.69, 9.17) is 10.2 Å². The molecule has 0 atom stereocenters. The molecule has 0 aromatic heterocycles. The molecule has 0 aliphatic rings. The zero-order valence-corrected chi connectivity index (χ0v) is 11.2. The molecule has 3 N–H and O–H groups in total. The number of aromatic carboxylic acids is 1. The van der Waals surface area contributed by atoms with Crippen LogP contribution >= 0.6 is 0 Å². The minimum Gasteiger partial charge on any atom is -0.478 e. The van der Waals surface area contributed by atoms with Crippen LogP contribution in [0.4, 0.5) is 10.1 Å². The Balaban J connectivity index is 2.65. The highest BCUT2D eigenvalue weighted by atomic mass is 19.1. The van der Waals surface area contributed by atoms with Gasteiger partial charge in [-0.05, 0) is 36.5 Å². The zero-order chi connectivity index (χ0) is 14.5. The van der Waals surface area contributed by atoms with E-state index >= 15 is 0 Å². The molecule has 0 unspecified atom stereocenters. The Kier molecular flexibility index (Phi) is 5.30. The zero-order valence-electron chi connectivity index (χ0n) is 11.2.